The monoisotopic (exact) mass is 752 g/mol. The minimum absolute atomic E-state index is 0.138. The molecule has 0 amide bonds. The van der Waals surface area contributed by atoms with Crippen molar-refractivity contribution in [2.75, 3.05) is 6.54 Å². The number of aromatic carboxylic acids is 1. The molecule has 2 N–H and O–H groups in total. The van der Waals surface area contributed by atoms with Crippen LogP contribution >= 0.6 is 11.6 Å². The molecule has 6 aromatic carbocycles. The predicted molar refractivity (Wildman–Crippen MR) is 219 cm³/mol. The fourth-order valence-electron chi connectivity index (χ4n) is 7.42. The van der Waals surface area contributed by atoms with E-state index in [0.29, 0.717) is 17.9 Å². The highest BCUT2D eigenvalue weighted by molar-refractivity contribution is 7.88. The molecule has 1 aromatic heterocycles. The van der Waals surface area contributed by atoms with Crippen LogP contribution in [-0.4, -0.2) is 30.6 Å². The number of hydrogen-bond donors (Lipinski definition) is 2. The lowest BCUT2D eigenvalue weighted by atomic mass is 9.97. The van der Waals surface area contributed by atoms with E-state index < -0.39 is 16.0 Å². The molecule has 0 bridgehead atoms. The fraction of sp³-hybridized carbons (Fsp3) is 0.152. The van der Waals surface area contributed by atoms with Crippen LogP contribution in [0.3, 0.4) is 0 Å². The number of benzene rings is 6. The summed E-state index contributed by atoms with van der Waals surface area (Å²) in [6.45, 7) is 0.208. The number of nitrogens with zero attached hydrogens (tertiary/aromatic N) is 1. The standard InChI is InChI=1S/C46H41ClN2O4S/c47-39-27-28-43-42(31-39)41(22-12-13-33-23-25-37(26-24-33)46(50)51)44(49(43)45(35-16-6-2-7-17-35)36-18-8-3-9-19-36)29-30-48-54(52,53)32-38-20-10-11-21-40(38)34-14-4-1-5-15-34/h1-11,14-21,23-28,31,45,48H,12-13,22,29-30,32H2,(H,50,51). The van der Waals surface area contributed by atoms with Crippen LogP contribution in [-0.2, 0) is 35.0 Å². The number of hydrogen-bond acceptors (Lipinski definition) is 3. The molecule has 272 valence electrons. The van der Waals surface area contributed by atoms with Crippen LogP contribution in [0.1, 0.15) is 56.3 Å². The zero-order chi connectivity index (χ0) is 37.5. The zero-order valence-corrected chi connectivity index (χ0v) is 31.3. The molecule has 7 aromatic rings. The number of carboxylic acid groups (broad SMARTS) is 1. The van der Waals surface area contributed by atoms with Crippen molar-refractivity contribution in [2.45, 2.75) is 37.5 Å². The van der Waals surface area contributed by atoms with Crippen molar-refractivity contribution in [1.82, 2.24) is 9.29 Å². The molecule has 0 spiro atoms. The normalized spacial score (nSPS) is 11.7. The van der Waals surface area contributed by atoms with Crippen molar-refractivity contribution < 1.29 is 18.3 Å². The van der Waals surface area contributed by atoms with Crippen LogP contribution in [0.2, 0.25) is 5.02 Å². The van der Waals surface area contributed by atoms with E-state index in [1.54, 1.807) is 12.1 Å². The van der Waals surface area contributed by atoms with Gasteiger partial charge in [-0.3, -0.25) is 0 Å². The van der Waals surface area contributed by atoms with Crippen molar-refractivity contribution in [3.63, 3.8) is 0 Å². The molecular formula is C46H41ClN2O4S. The Morgan fingerprint density at radius 3 is 1.96 bits per heavy atom. The van der Waals surface area contributed by atoms with E-state index in [4.69, 9.17) is 11.6 Å². The first-order chi connectivity index (χ1) is 26.3. The molecule has 54 heavy (non-hydrogen) atoms. The van der Waals surface area contributed by atoms with E-state index in [9.17, 15) is 18.3 Å². The van der Waals surface area contributed by atoms with Gasteiger partial charge in [0.15, 0.2) is 0 Å². The second-order valence-electron chi connectivity index (χ2n) is 13.5. The lowest BCUT2D eigenvalue weighted by Crippen LogP contribution is -2.28. The van der Waals surface area contributed by atoms with Crippen LogP contribution in [0.4, 0.5) is 0 Å². The third-order valence-corrected chi connectivity index (χ3v) is 11.5. The Morgan fingerprint density at radius 1 is 0.704 bits per heavy atom. The Bertz CT molecular complexity index is 2430. The first-order valence-corrected chi connectivity index (χ1v) is 20.1. The molecular weight excluding hydrogens is 712 g/mol. The van der Waals surface area contributed by atoms with Gasteiger partial charge in [-0.2, -0.15) is 0 Å². The van der Waals surface area contributed by atoms with Crippen LogP contribution < -0.4 is 4.72 Å². The molecule has 0 saturated carbocycles. The maximum atomic E-state index is 13.8. The predicted octanol–water partition coefficient (Wildman–Crippen LogP) is 10.1. The van der Waals surface area contributed by atoms with Crippen LogP contribution in [0.5, 0.6) is 0 Å². The largest absolute Gasteiger partial charge is 0.478 e. The summed E-state index contributed by atoms with van der Waals surface area (Å²) >= 11 is 6.69. The van der Waals surface area contributed by atoms with Crippen LogP contribution in [0, 0.1) is 0 Å². The molecule has 0 radical (unpaired) electrons. The topological polar surface area (TPSA) is 88.4 Å². The summed E-state index contributed by atoms with van der Waals surface area (Å²) in [5, 5.41) is 11.0. The molecule has 0 atom stereocenters. The first kappa shape index (κ1) is 36.9. The minimum Gasteiger partial charge on any atom is -0.478 e. The molecule has 6 nitrogen and oxygen atoms in total. The molecule has 0 saturated heterocycles. The van der Waals surface area contributed by atoms with Gasteiger partial charge in [0.2, 0.25) is 10.0 Å². The number of rotatable bonds is 15. The lowest BCUT2D eigenvalue weighted by molar-refractivity contribution is 0.0697. The van der Waals surface area contributed by atoms with E-state index >= 15 is 0 Å². The number of sulfonamides is 1. The van der Waals surface area contributed by atoms with Crippen molar-refractivity contribution in [3.05, 3.63) is 202 Å². The van der Waals surface area contributed by atoms with Crippen molar-refractivity contribution in [2.24, 2.45) is 0 Å². The SMILES string of the molecule is O=C(O)c1ccc(CCCc2c(CCNS(=O)(=O)Cc3ccccc3-c3ccccc3)n(C(c3ccccc3)c3ccccc3)c3ccc(Cl)cc23)cc1. The fourth-order valence-corrected chi connectivity index (χ4v) is 8.77. The number of nitrogens with one attached hydrogen (secondary N) is 1. The van der Waals surface area contributed by atoms with E-state index in [1.807, 2.05) is 115 Å². The molecule has 0 unspecified atom stereocenters. The molecule has 1 heterocycles. The van der Waals surface area contributed by atoms with E-state index in [0.717, 1.165) is 68.4 Å². The van der Waals surface area contributed by atoms with Gasteiger partial charge in [-0.25, -0.2) is 17.9 Å². The second kappa shape index (κ2) is 16.7. The van der Waals surface area contributed by atoms with Gasteiger partial charge in [0, 0.05) is 34.6 Å². The second-order valence-corrected chi connectivity index (χ2v) is 15.7. The Balaban J connectivity index is 1.25. The number of fused-ring (bicyclic) bond motifs is 1. The number of carboxylic acids is 1. The minimum atomic E-state index is -3.71. The van der Waals surface area contributed by atoms with E-state index in [1.165, 1.54) is 0 Å². The third-order valence-electron chi connectivity index (χ3n) is 9.90. The summed E-state index contributed by atoms with van der Waals surface area (Å²) in [5.74, 6) is -1.08. The summed E-state index contributed by atoms with van der Waals surface area (Å²) in [6, 6.07) is 51.1. The van der Waals surface area contributed by atoms with Gasteiger partial charge in [-0.15, -0.1) is 0 Å². The Morgan fingerprint density at radius 2 is 1.31 bits per heavy atom. The van der Waals surface area contributed by atoms with Crippen LogP contribution in [0.25, 0.3) is 22.0 Å². The number of aromatic nitrogens is 1. The summed E-state index contributed by atoms with van der Waals surface area (Å²) < 4.78 is 32.8. The number of halogens is 1. The van der Waals surface area contributed by atoms with Crippen molar-refractivity contribution >= 4 is 38.5 Å². The molecule has 7 rings (SSSR count). The molecule has 8 heteroatoms. The summed E-state index contributed by atoms with van der Waals surface area (Å²) in [6.07, 6.45) is 2.72. The summed E-state index contributed by atoms with van der Waals surface area (Å²) in [5.41, 5.74) is 9.34. The Labute approximate surface area is 321 Å². The Kier molecular flexibility index (Phi) is 11.4. The van der Waals surface area contributed by atoms with E-state index in [2.05, 4.69) is 39.6 Å². The number of aryl methyl sites for hydroxylation is 2. The highest BCUT2D eigenvalue weighted by atomic mass is 35.5. The maximum Gasteiger partial charge on any atom is 0.335 e. The third kappa shape index (κ3) is 8.50. The highest BCUT2D eigenvalue weighted by Crippen LogP contribution is 2.38. The molecule has 0 aliphatic carbocycles. The van der Waals surface area contributed by atoms with Gasteiger partial charge in [-0.1, -0.05) is 139 Å². The number of carbonyl (C=O) groups is 1. The summed E-state index contributed by atoms with van der Waals surface area (Å²) in [4.78, 5) is 11.4. The maximum absolute atomic E-state index is 13.8. The quantitative estimate of drug-likeness (QED) is 0.109. The average Bonchev–Trinajstić information content (AvgIpc) is 3.47. The zero-order valence-electron chi connectivity index (χ0n) is 29.7. The van der Waals surface area contributed by atoms with E-state index in [-0.39, 0.29) is 23.9 Å². The molecule has 0 fully saturated rings. The highest BCUT2D eigenvalue weighted by Gasteiger charge is 2.26. The summed E-state index contributed by atoms with van der Waals surface area (Å²) in [7, 11) is -3.71. The average molecular weight is 753 g/mol. The van der Waals surface area contributed by atoms with Gasteiger partial charge in [-0.05, 0) is 88.5 Å². The van der Waals surface area contributed by atoms with Gasteiger partial charge >= 0.3 is 5.97 Å². The van der Waals surface area contributed by atoms with Crippen molar-refractivity contribution in [1.29, 1.82) is 0 Å². The van der Waals surface area contributed by atoms with Crippen LogP contribution in [0.15, 0.2) is 158 Å². The van der Waals surface area contributed by atoms with Crippen molar-refractivity contribution in [3.8, 4) is 11.1 Å². The van der Waals surface area contributed by atoms with Gasteiger partial charge in [0.25, 0.3) is 0 Å². The molecule has 0 aliphatic heterocycles. The smallest absolute Gasteiger partial charge is 0.335 e. The first-order valence-electron chi connectivity index (χ1n) is 18.1. The molecule has 0 aliphatic rings. The Hall–Kier alpha value is -5.47. The van der Waals surface area contributed by atoms with Gasteiger partial charge in [0.05, 0.1) is 17.4 Å². The lowest BCUT2D eigenvalue weighted by Gasteiger charge is -2.25. The van der Waals surface area contributed by atoms with Gasteiger partial charge in [0.1, 0.15) is 0 Å². The van der Waals surface area contributed by atoms with Gasteiger partial charge < -0.3 is 9.67 Å².